The summed E-state index contributed by atoms with van der Waals surface area (Å²) >= 11 is 0. The molecular weight excluding hydrogens is 538 g/mol. The molecule has 8 nitrogen and oxygen atoms in total. The summed E-state index contributed by atoms with van der Waals surface area (Å²) in [5, 5.41) is 10.8. The maximum Gasteiger partial charge on any atom is 0.419 e. The van der Waals surface area contributed by atoms with Crippen molar-refractivity contribution in [2.24, 2.45) is 5.84 Å². The number of carbonyl (C=O) groups is 1. The van der Waals surface area contributed by atoms with Gasteiger partial charge in [0.05, 0.1) is 23.1 Å². The van der Waals surface area contributed by atoms with Crippen LogP contribution in [0.15, 0.2) is 42.7 Å². The molecule has 2 aromatic carbocycles. The summed E-state index contributed by atoms with van der Waals surface area (Å²) < 4.78 is 56.6. The van der Waals surface area contributed by atoms with Gasteiger partial charge in [0.25, 0.3) is 5.91 Å². The van der Waals surface area contributed by atoms with Gasteiger partial charge >= 0.3 is 6.18 Å². The molecule has 12 heteroatoms. The zero-order chi connectivity index (χ0) is 30.1. The summed E-state index contributed by atoms with van der Waals surface area (Å²) in [4.78, 5) is 16.9. The molecular formula is C29H35F4N7O. The zero-order valence-electron chi connectivity index (χ0n) is 23.7. The number of halogens is 4. The summed E-state index contributed by atoms with van der Waals surface area (Å²) in [6, 6.07) is 6.97. The third kappa shape index (κ3) is 6.71. The van der Waals surface area contributed by atoms with Crippen molar-refractivity contribution in [1.29, 1.82) is 0 Å². The standard InChI is InChI=1S/C29H35F4N7O/c1-17-6-7-20(12-25(17)40(34)16-18(2)23-15-35-37-19(23)3)28(41)36-21-13-24(29(31,32)33)27(30)26(14-21)39-10-8-22(9-11-39)38(4)5/h6-7,12-16,22H,8-11,34H2,1-5H3,(H,35,37)(H,36,41)/b18-16+. The van der Waals surface area contributed by atoms with Gasteiger partial charge in [0.15, 0.2) is 5.82 Å². The highest BCUT2D eigenvalue weighted by Crippen LogP contribution is 2.39. The molecule has 4 rings (SSSR count). The van der Waals surface area contributed by atoms with Crippen molar-refractivity contribution < 1.29 is 22.4 Å². The number of amides is 1. The van der Waals surface area contributed by atoms with Gasteiger partial charge < -0.3 is 15.1 Å². The molecule has 0 unspecified atom stereocenters. The lowest BCUT2D eigenvalue weighted by Gasteiger charge is -2.37. The number of aromatic amines is 1. The van der Waals surface area contributed by atoms with Crippen LogP contribution in [-0.4, -0.2) is 54.2 Å². The molecule has 0 spiro atoms. The van der Waals surface area contributed by atoms with Crippen LogP contribution < -0.4 is 21.1 Å². The lowest BCUT2D eigenvalue weighted by molar-refractivity contribution is -0.139. The van der Waals surface area contributed by atoms with Crippen molar-refractivity contribution in [2.75, 3.05) is 42.4 Å². The average molecular weight is 574 g/mol. The second-order valence-electron chi connectivity index (χ2n) is 10.6. The van der Waals surface area contributed by atoms with Crippen molar-refractivity contribution in [3.8, 4) is 0 Å². The maximum atomic E-state index is 15.2. The molecule has 3 aromatic rings. The van der Waals surface area contributed by atoms with Gasteiger partial charge in [0.1, 0.15) is 0 Å². The van der Waals surface area contributed by atoms with Crippen molar-refractivity contribution in [3.05, 3.63) is 76.5 Å². The van der Waals surface area contributed by atoms with E-state index in [1.807, 2.05) is 34.9 Å². The number of aromatic nitrogens is 2. The van der Waals surface area contributed by atoms with Gasteiger partial charge in [-0.15, -0.1) is 0 Å². The Morgan fingerprint density at radius 3 is 2.44 bits per heavy atom. The van der Waals surface area contributed by atoms with E-state index in [1.54, 1.807) is 35.5 Å². The van der Waals surface area contributed by atoms with E-state index in [1.165, 1.54) is 11.1 Å². The van der Waals surface area contributed by atoms with E-state index in [0.717, 1.165) is 22.4 Å². The molecule has 1 saturated heterocycles. The van der Waals surface area contributed by atoms with Crippen molar-refractivity contribution in [3.63, 3.8) is 0 Å². The molecule has 0 atom stereocenters. The highest BCUT2D eigenvalue weighted by molar-refractivity contribution is 6.05. The Balaban J connectivity index is 1.61. The largest absolute Gasteiger partial charge is 0.419 e. The van der Waals surface area contributed by atoms with Gasteiger partial charge in [0, 0.05) is 47.8 Å². The van der Waals surface area contributed by atoms with E-state index in [4.69, 9.17) is 5.84 Å². The minimum absolute atomic E-state index is 0.147. The minimum atomic E-state index is -4.93. The lowest BCUT2D eigenvalue weighted by Crippen LogP contribution is -2.42. The summed E-state index contributed by atoms with van der Waals surface area (Å²) in [6.07, 6.45) is -0.192. The number of alkyl halides is 3. The number of aryl methyl sites for hydroxylation is 2. The van der Waals surface area contributed by atoms with E-state index in [-0.39, 0.29) is 23.0 Å². The van der Waals surface area contributed by atoms with Crippen LogP contribution in [0.3, 0.4) is 0 Å². The number of H-pyrrole nitrogens is 1. The van der Waals surface area contributed by atoms with Gasteiger partial charge in [-0.2, -0.15) is 18.3 Å². The quantitative estimate of drug-likeness (QED) is 0.191. The normalized spacial score (nSPS) is 15.0. The van der Waals surface area contributed by atoms with Crippen LogP contribution in [0.4, 0.5) is 34.6 Å². The zero-order valence-corrected chi connectivity index (χ0v) is 23.7. The summed E-state index contributed by atoms with van der Waals surface area (Å²) in [5.74, 6) is 4.32. The molecule has 41 heavy (non-hydrogen) atoms. The number of piperidine rings is 1. The van der Waals surface area contributed by atoms with Crippen LogP contribution in [0.5, 0.6) is 0 Å². The van der Waals surface area contributed by atoms with E-state index in [0.29, 0.717) is 37.7 Å². The fraction of sp³-hybridized carbons (Fsp3) is 0.379. The van der Waals surface area contributed by atoms with Crippen LogP contribution in [-0.2, 0) is 6.18 Å². The fourth-order valence-corrected chi connectivity index (χ4v) is 5.07. The predicted molar refractivity (Wildman–Crippen MR) is 153 cm³/mol. The molecule has 1 aliphatic rings. The Morgan fingerprint density at radius 1 is 1.17 bits per heavy atom. The Labute approximate surface area is 236 Å². The van der Waals surface area contributed by atoms with E-state index < -0.39 is 23.5 Å². The van der Waals surface area contributed by atoms with Crippen LogP contribution >= 0.6 is 0 Å². The summed E-state index contributed by atoms with van der Waals surface area (Å²) in [5.41, 5.74) is 2.32. The first-order chi connectivity index (χ1) is 19.3. The molecule has 1 aliphatic heterocycles. The van der Waals surface area contributed by atoms with Crippen molar-refractivity contribution >= 4 is 28.5 Å². The molecule has 4 N–H and O–H groups in total. The molecule has 220 valence electrons. The van der Waals surface area contributed by atoms with Crippen LogP contribution in [0.2, 0.25) is 0 Å². The third-order valence-corrected chi connectivity index (χ3v) is 7.49. The van der Waals surface area contributed by atoms with Crippen LogP contribution in [0.25, 0.3) is 5.57 Å². The van der Waals surface area contributed by atoms with Gasteiger partial charge in [-0.25, -0.2) is 10.2 Å². The monoisotopic (exact) mass is 573 g/mol. The number of hydrogen-bond donors (Lipinski definition) is 3. The van der Waals surface area contributed by atoms with E-state index in [2.05, 4.69) is 20.4 Å². The summed E-state index contributed by atoms with van der Waals surface area (Å²) in [7, 11) is 3.88. The van der Waals surface area contributed by atoms with E-state index in [9.17, 15) is 18.0 Å². The molecule has 1 aromatic heterocycles. The Kier molecular flexibility index (Phi) is 8.74. The minimum Gasteiger partial charge on any atom is -0.369 e. The molecule has 0 bridgehead atoms. The number of nitrogens with two attached hydrogens (primary N) is 1. The predicted octanol–water partition coefficient (Wildman–Crippen LogP) is 5.71. The second kappa shape index (κ2) is 11.9. The van der Waals surface area contributed by atoms with Gasteiger partial charge in [-0.3, -0.25) is 14.9 Å². The SMILES string of the molecule is C/C(=C\N(N)c1cc(C(=O)Nc2cc(N3CCC(N(C)C)CC3)c(F)c(C(F)(F)F)c2)ccc1C)c1cn[nH]c1C. The number of hydrazine groups is 1. The fourth-order valence-electron chi connectivity index (χ4n) is 5.07. The summed E-state index contributed by atoms with van der Waals surface area (Å²) in [6.45, 7) is 6.37. The molecule has 1 amide bonds. The van der Waals surface area contributed by atoms with Gasteiger partial charge in [-0.05, 0) is 83.1 Å². The highest BCUT2D eigenvalue weighted by atomic mass is 19.4. The number of anilines is 3. The second-order valence-corrected chi connectivity index (χ2v) is 10.6. The number of benzene rings is 2. The molecule has 0 radical (unpaired) electrons. The smallest absolute Gasteiger partial charge is 0.369 e. The van der Waals surface area contributed by atoms with Crippen molar-refractivity contribution in [2.45, 2.75) is 45.8 Å². The van der Waals surface area contributed by atoms with Gasteiger partial charge in [-0.1, -0.05) is 6.07 Å². The average Bonchev–Trinajstić information content (AvgIpc) is 3.35. The first kappa shape index (κ1) is 30.1. The number of nitrogens with zero attached hydrogens (tertiary/aromatic N) is 4. The van der Waals surface area contributed by atoms with Crippen LogP contribution in [0.1, 0.15) is 52.5 Å². The first-order valence-electron chi connectivity index (χ1n) is 13.2. The van der Waals surface area contributed by atoms with Crippen molar-refractivity contribution in [1.82, 2.24) is 15.1 Å². The topological polar surface area (TPSA) is 93.5 Å². The number of hydrogen-bond acceptors (Lipinski definition) is 6. The Hall–Kier alpha value is -3.90. The molecule has 0 aliphatic carbocycles. The number of allylic oxidation sites excluding steroid dienone is 1. The number of rotatable bonds is 7. The maximum absolute atomic E-state index is 15.2. The third-order valence-electron chi connectivity index (χ3n) is 7.49. The Bertz CT molecular complexity index is 1440. The highest BCUT2D eigenvalue weighted by Gasteiger charge is 2.37. The van der Waals surface area contributed by atoms with Gasteiger partial charge in [0.2, 0.25) is 0 Å². The van der Waals surface area contributed by atoms with Crippen LogP contribution in [0, 0.1) is 19.7 Å². The number of carbonyl (C=O) groups excluding carboxylic acids is 1. The molecule has 2 heterocycles. The number of nitrogens with one attached hydrogen (secondary N) is 2. The first-order valence-corrected chi connectivity index (χ1v) is 13.2. The Morgan fingerprint density at radius 2 is 1.85 bits per heavy atom. The molecule has 1 fully saturated rings. The van der Waals surface area contributed by atoms with E-state index >= 15 is 4.39 Å². The molecule has 0 saturated carbocycles. The lowest BCUT2D eigenvalue weighted by atomic mass is 10.0.